The number of ether oxygens (including phenoxy) is 4. The average Bonchev–Trinajstić information content (AvgIpc) is 3.76. The highest BCUT2D eigenvalue weighted by Crippen LogP contribution is 2.55. The van der Waals surface area contributed by atoms with Gasteiger partial charge in [-0.1, -0.05) is 133 Å². The Morgan fingerprint density at radius 2 is 0.708 bits per heavy atom. The standard InChI is InChI=1S/C42H32O4P2/c1-5-15-29(16-6-1)47(30-17-7-2-8-18-30)35-27-25-33-41-39(35)40-36(48(31-19-9-3-10-20-31)32-21-11-4-12-22-32)28-26-34-42(40)46-38(44-34)24-14-13-23-37(43-33)45-41/h1-22,25-28,37-38H,23-24H2/b14-13-/t37-,38+. The molecule has 0 saturated carbocycles. The summed E-state index contributed by atoms with van der Waals surface area (Å²) < 4.78 is 26.7. The second-order valence-corrected chi connectivity index (χ2v) is 16.2. The Morgan fingerprint density at radius 1 is 0.375 bits per heavy atom. The van der Waals surface area contributed by atoms with Crippen LogP contribution in [0.15, 0.2) is 158 Å². The molecule has 3 heterocycles. The number of benzene rings is 6. The zero-order valence-electron chi connectivity index (χ0n) is 26.1. The van der Waals surface area contributed by atoms with Gasteiger partial charge in [0.25, 0.3) is 0 Å². The Labute approximate surface area is 283 Å². The molecule has 0 aromatic heterocycles. The van der Waals surface area contributed by atoms with Crippen LogP contribution in [0, 0.1) is 0 Å². The van der Waals surface area contributed by atoms with E-state index in [0.29, 0.717) is 12.8 Å². The van der Waals surface area contributed by atoms with Crippen LogP contribution in [-0.2, 0) is 0 Å². The average molecular weight is 663 g/mol. The Balaban J connectivity index is 1.39. The number of fused-ring (bicyclic) bond motifs is 3. The van der Waals surface area contributed by atoms with Crippen LogP contribution in [0.2, 0.25) is 0 Å². The lowest BCUT2D eigenvalue weighted by Gasteiger charge is -2.27. The van der Waals surface area contributed by atoms with Gasteiger partial charge in [-0.05, 0) is 71.9 Å². The Hall–Kier alpha value is -4.88. The molecule has 6 aromatic carbocycles. The molecule has 4 nitrogen and oxygen atoms in total. The first-order valence-electron chi connectivity index (χ1n) is 16.3. The number of rotatable bonds is 6. The van der Waals surface area contributed by atoms with Crippen LogP contribution in [-0.4, -0.2) is 12.6 Å². The van der Waals surface area contributed by atoms with E-state index < -0.39 is 28.4 Å². The molecular weight excluding hydrogens is 630 g/mol. The van der Waals surface area contributed by atoms with E-state index in [1.807, 2.05) is 0 Å². The van der Waals surface area contributed by atoms with Gasteiger partial charge in [-0.15, -0.1) is 0 Å². The molecule has 0 spiro atoms. The van der Waals surface area contributed by atoms with Crippen molar-refractivity contribution in [2.45, 2.75) is 25.4 Å². The lowest BCUT2D eigenvalue weighted by atomic mass is 10.0. The monoisotopic (exact) mass is 662 g/mol. The fraction of sp³-hybridized carbons (Fsp3) is 0.0952. The van der Waals surface area contributed by atoms with Gasteiger partial charge in [0.2, 0.25) is 12.6 Å². The predicted octanol–water partition coefficient (Wildman–Crippen LogP) is 7.41. The van der Waals surface area contributed by atoms with Crippen molar-refractivity contribution in [2.75, 3.05) is 0 Å². The van der Waals surface area contributed by atoms with Gasteiger partial charge in [0, 0.05) is 24.0 Å². The van der Waals surface area contributed by atoms with Gasteiger partial charge in [-0.3, -0.25) is 0 Å². The van der Waals surface area contributed by atoms with Crippen LogP contribution in [0.3, 0.4) is 0 Å². The van der Waals surface area contributed by atoms with Crippen molar-refractivity contribution in [3.8, 4) is 34.1 Å². The molecule has 3 aliphatic rings. The van der Waals surface area contributed by atoms with Crippen molar-refractivity contribution >= 4 is 47.7 Å². The highest BCUT2D eigenvalue weighted by Gasteiger charge is 2.38. The molecule has 0 unspecified atom stereocenters. The molecule has 2 atom stereocenters. The zero-order valence-corrected chi connectivity index (χ0v) is 27.9. The molecule has 0 fully saturated rings. The summed E-state index contributed by atoms with van der Waals surface area (Å²) in [5.74, 6) is 3.04. The summed E-state index contributed by atoms with van der Waals surface area (Å²) >= 11 is 0. The van der Waals surface area contributed by atoms with Gasteiger partial charge in [0.15, 0.2) is 23.0 Å². The largest absolute Gasteiger partial charge is 0.451 e. The molecule has 9 rings (SSSR count). The van der Waals surface area contributed by atoms with Crippen LogP contribution in [0.5, 0.6) is 23.0 Å². The van der Waals surface area contributed by atoms with Crippen molar-refractivity contribution < 1.29 is 18.9 Å². The van der Waals surface area contributed by atoms with Crippen molar-refractivity contribution in [3.05, 3.63) is 158 Å². The summed E-state index contributed by atoms with van der Waals surface area (Å²) in [5, 5.41) is 7.43. The van der Waals surface area contributed by atoms with E-state index in [1.54, 1.807) is 0 Å². The lowest BCUT2D eigenvalue weighted by molar-refractivity contribution is 0.0483. The second kappa shape index (κ2) is 12.6. The Morgan fingerprint density at radius 3 is 1.04 bits per heavy atom. The topological polar surface area (TPSA) is 36.9 Å². The highest BCUT2D eigenvalue weighted by molar-refractivity contribution is 7.80. The van der Waals surface area contributed by atoms with Crippen LogP contribution < -0.4 is 50.8 Å². The van der Waals surface area contributed by atoms with Crippen LogP contribution in [0.4, 0.5) is 0 Å². The summed E-state index contributed by atoms with van der Waals surface area (Å²) in [5.41, 5.74) is 2.04. The molecule has 6 aromatic rings. The summed E-state index contributed by atoms with van der Waals surface area (Å²) in [6.07, 6.45) is 4.63. The van der Waals surface area contributed by atoms with E-state index in [0.717, 1.165) is 34.1 Å². The maximum atomic E-state index is 6.83. The summed E-state index contributed by atoms with van der Waals surface area (Å²) in [7, 11) is -2.00. The second-order valence-electron chi connectivity index (χ2n) is 11.9. The van der Waals surface area contributed by atoms with Gasteiger partial charge >= 0.3 is 0 Å². The molecular formula is C42H32O4P2. The van der Waals surface area contributed by atoms with Crippen LogP contribution >= 0.6 is 15.8 Å². The first-order valence-corrected chi connectivity index (χ1v) is 19.0. The normalized spacial score (nSPS) is 17.8. The molecule has 0 saturated heterocycles. The van der Waals surface area contributed by atoms with Gasteiger partial charge in [-0.25, -0.2) is 0 Å². The molecule has 234 valence electrons. The highest BCUT2D eigenvalue weighted by atomic mass is 31.1. The molecule has 4 bridgehead atoms. The van der Waals surface area contributed by atoms with Crippen LogP contribution in [0.1, 0.15) is 12.8 Å². The van der Waals surface area contributed by atoms with E-state index in [-0.39, 0.29) is 0 Å². The van der Waals surface area contributed by atoms with Crippen molar-refractivity contribution in [1.29, 1.82) is 0 Å². The zero-order chi connectivity index (χ0) is 31.9. The molecule has 48 heavy (non-hydrogen) atoms. The van der Waals surface area contributed by atoms with Gasteiger partial charge in [0.1, 0.15) is 0 Å². The minimum Gasteiger partial charge on any atom is -0.451 e. The SMILES string of the molecule is C1=C\C[C@H]2Oc3ccc(P(c4ccccc4)c4ccccc4)c(c3O2)-c2c(P(c3ccccc3)c3ccccc3)ccc3c2O[C@H](C/1)O3. The molecule has 0 aliphatic carbocycles. The van der Waals surface area contributed by atoms with Gasteiger partial charge in [0.05, 0.1) is 0 Å². The maximum Gasteiger partial charge on any atom is 0.244 e. The molecule has 0 N–H and O–H groups in total. The minimum atomic E-state index is -1.00. The van der Waals surface area contributed by atoms with Crippen molar-refractivity contribution in [3.63, 3.8) is 0 Å². The van der Waals surface area contributed by atoms with E-state index >= 15 is 0 Å². The van der Waals surface area contributed by atoms with Gasteiger partial charge < -0.3 is 18.9 Å². The van der Waals surface area contributed by atoms with E-state index in [2.05, 4.69) is 158 Å². The van der Waals surface area contributed by atoms with Crippen LogP contribution in [0.25, 0.3) is 11.1 Å². The maximum absolute atomic E-state index is 6.83. The van der Waals surface area contributed by atoms with E-state index in [4.69, 9.17) is 18.9 Å². The third kappa shape index (κ3) is 5.27. The first kappa shape index (κ1) is 29.3. The first-order chi connectivity index (χ1) is 23.8. The fourth-order valence-electron chi connectivity index (χ4n) is 6.75. The predicted molar refractivity (Wildman–Crippen MR) is 198 cm³/mol. The Bertz CT molecular complexity index is 1870. The summed E-state index contributed by atoms with van der Waals surface area (Å²) in [6, 6.07) is 52.0. The summed E-state index contributed by atoms with van der Waals surface area (Å²) in [6.45, 7) is 0. The van der Waals surface area contributed by atoms with Gasteiger partial charge in [-0.2, -0.15) is 0 Å². The number of hydrogen-bond acceptors (Lipinski definition) is 4. The third-order valence-electron chi connectivity index (χ3n) is 8.83. The summed E-state index contributed by atoms with van der Waals surface area (Å²) in [4.78, 5) is 0. The molecule has 0 radical (unpaired) electrons. The quantitative estimate of drug-likeness (QED) is 0.138. The van der Waals surface area contributed by atoms with E-state index in [9.17, 15) is 0 Å². The smallest absolute Gasteiger partial charge is 0.244 e. The molecule has 6 heteroatoms. The fourth-order valence-corrected chi connectivity index (χ4v) is 11.7. The van der Waals surface area contributed by atoms with E-state index in [1.165, 1.54) is 31.8 Å². The molecule has 0 amide bonds. The lowest BCUT2D eigenvalue weighted by Crippen LogP contribution is -2.26. The number of hydrogen-bond donors (Lipinski definition) is 0. The minimum absolute atomic E-state index is 0.412. The third-order valence-corrected chi connectivity index (χ3v) is 13.8. The molecule has 3 aliphatic heterocycles. The van der Waals surface area contributed by atoms with Crippen molar-refractivity contribution in [2.24, 2.45) is 0 Å². The van der Waals surface area contributed by atoms with Crippen molar-refractivity contribution in [1.82, 2.24) is 0 Å². The Kier molecular flexibility index (Phi) is 7.70.